The van der Waals surface area contributed by atoms with Crippen LogP contribution in [0.1, 0.15) is 25.3 Å². The summed E-state index contributed by atoms with van der Waals surface area (Å²) in [5, 5.41) is 7.65. The van der Waals surface area contributed by atoms with E-state index in [1.54, 1.807) is 30.3 Å². The molecule has 1 aromatic carbocycles. The highest BCUT2D eigenvalue weighted by atomic mass is 31.2. The van der Waals surface area contributed by atoms with Gasteiger partial charge in [0.1, 0.15) is 5.85 Å². The van der Waals surface area contributed by atoms with Gasteiger partial charge in [-0.15, -0.1) is 0 Å². The van der Waals surface area contributed by atoms with Gasteiger partial charge < -0.3 is 14.7 Å². The smallest absolute Gasteiger partial charge is 0.323 e. The predicted molar refractivity (Wildman–Crippen MR) is 70.2 cm³/mol. The minimum Gasteiger partial charge on any atom is -0.480 e. The molecule has 1 saturated heterocycles. The molecule has 5 nitrogen and oxygen atoms in total. The topological polar surface area (TPSA) is 83.8 Å². The molecule has 6 heteroatoms. The van der Waals surface area contributed by atoms with E-state index in [1.807, 2.05) is 0 Å². The average Bonchev–Trinajstić information content (AvgIpc) is 2.92. The van der Waals surface area contributed by atoms with Crippen LogP contribution in [0.25, 0.3) is 0 Å². The zero-order valence-electron chi connectivity index (χ0n) is 10.7. The zero-order chi connectivity index (χ0) is 14.1. The van der Waals surface area contributed by atoms with Gasteiger partial charge in [0.25, 0.3) is 0 Å². The van der Waals surface area contributed by atoms with Crippen LogP contribution < -0.4 is 0 Å². The number of benzene rings is 1. The number of carboxylic acids is 1. The fraction of sp³-hybridized carbons (Fsp3) is 0.462. The third-order valence-electron chi connectivity index (χ3n) is 3.69. The van der Waals surface area contributed by atoms with E-state index < -0.39 is 24.3 Å². The molecule has 1 aliphatic heterocycles. The molecule has 0 aromatic heterocycles. The van der Waals surface area contributed by atoms with Gasteiger partial charge >= 0.3 is 5.97 Å². The summed E-state index contributed by atoms with van der Waals surface area (Å²) >= 11 is 0. The van der Waals surface area contributed by atoms with Crippen LogP contribution in [0.15, 0.2) is 30.3 Å². The Labute approximate surface area is 111 Å². The molecule has 3 atom stereocenters. The Morgan fingerprint density at radius 1 is 1.42 bits per heavy atom. The second kappa shape index (κ2) is 5.08. The lowest BCUT2D eigenvalue weighted by Gasteiger charge is -2.33. The van der Waals surface area contributed by atoms with Crippen molar-refractivity contribution < 1.29 is 24.1 Å². The average molecular weight is 284 g/mol. The molecule has 1 heterocycles. The first kappa shape index (κ1) is 14.3. The van der Waals surface area contributed by atoms with Gasteiger partial charge in [-0.3, -0.25) is 9.36 Å². The van der Waals surface area contributed by atoms with E-state index in [9.17, 15) is 19.4 Å². The first-order valence-corrected chi connectivity index (χ1v) is 7.86. The molecule has 0 bridgehead atoms. The van der Waals surface area contributed by atoms with Crippen LogP contribution in [0.2, 0.25) is 0 Å². The maximum Gasteiger partial charge on any atom is 0.323 e. The summed E-state index contributed by atoms with van der Waals surface area (Å²) in [5.41, 5.74) is 0.323. The highest BCUT2D eigenvalue weighted by Gasteiger charge is 2.56. The van der Waals surface area contributed by atoms with E-state index >= 15 is 0 Å². The third-order valence-corrected chi connectivity index (χ3v) is 6.61. The van der Waals surface area contributed by atoms with Crippen LogP contribution >= 0.6 is 7.37 Å². The van der Waals surface area contributed by atoms with Crippen molar-refractivity contribution in [2.24, 2.45) is 0 Å². The number of hydrogen-bond acceptors (Lipinski definition) is 3. The van der Waals surface area contributed by atoms with Crippen molar-refractivity contribution in [3.63, 3.8) is 0 Å². The van der Waals surface area contributed by atoms with Crippen molar-refractivity contribution in [3.8, 4) is 0 Å². The molecule has 3 unspecified atom stereocenters. The Hall–Kier alpha value is -1.16. The summed E-state index contributed by atoms with van der Waals surface area (Å²) in [5.74, 6) is -2.20. The Bertz CT molecular complexity index is 509. The predicted octanol–water partition coefficient (Wildman–Crippen LogP) is 2.39. The molecular weight excluding hydrogens is 267 g/mol. The van der Waals surface area contributed by atoms with E-state index in [2.05, 4.69) is 0 Å². The van der Waals surface area contributed by atoms with E-state index in [-0.39, 0.29) is 0 Å². The van der Waals surface area contributed by atoms with Crippen LogP contribution in [0.5, 0.6) is 0 Å². The van der Waals surface area contributed by atoms with Gasteiger partial charge in [-0.25, -0.2) is 0 Å². The lowest BCUT2D eigenvalue weighted by Crippen LogP contribution is -2.36. The summed E-state index contributed by atoms with van der Waals surface area (Å²) < 4.78 is 18.0. The van der Waals surface area contributed by atoms with E-state index in [4.69, 9.17) is 4.74 Å². The first-order chi connectivity index (χ1) is 8.90. The first-order valence-electron chi connectivity index (χ1n) is 6.14. The second-order valence-corrected chi connectivity index (χ2v) is 7.55. The van der Waals surface area contributed by atoms with E-state index in [1.165, 1.54) is 6.92 Å². The van der Waals surface area contributed by atoms with Gasteiger partial charge in [0.05, 0.1) is 0 Å². The van der Waals surface area contributed by atoms with Gasteiger partial charge in [-0.05, 0) is 25.3 Å². The van der Waals surface area contributed by atoms with Crippen LogP contribution in [-0.4, -0.2) is 28.4 Å². The van der Waals surface area contributed by atoms with Crippen LogP contribution in [0.4, 0.5) is 0 Å². The summed E-state index contributed by atoms with van der Waals surface area (Å²) in [6, 6.07) is 8.18. The van der Waals surface area contributed by atoms with Gasteiger partial charge in [-0.1, -0.05) is 30.3 Å². The van der Waals surface area contributed by atoms with Gasteiger partial charge in [0.15, 0.2) is 5.16 Å². The molecule has 1 aromatic rings. The summed E-state index contributed by atoms with van der Waals surface area (Å²) in [6.45, 7) is 1.70. The molecule has 0 spiro atoms. The van der Waals surface area contributed by atoms with Crippen molar-refractivity contribution >= 4 is 13.3 Å². The number of carboxylic acid groups (broad SMARTS) is 1. The lowest BCUT2D eigenvalue weighted by molar-refractivity contribution is -0.140. The minimum atomic E-state index is -4.06. The molecule has 0 saturated carbocycles. The fourth-order valence-electron chi connectivity index (χ4n) is 2.33. The molecule has 2 rings (SSSR count). The maximum absolute atomic E-state index is 12.7. The molecule has 0 aliphatic carbocycles. The number of rotatable bonds is 4. The summed E-state index contributed by atoms with van der Waals surface area (Å²) in [6.07, 6.45) is 1.10. The van der Waals surface area contributed by atoms with Crippen molar-refractivity contribution in [1.82, 2.24) is 0 Å². The third kappa shape index (κ3) is 2.22. The molecule has 0 radical (unpaired) electrons. The number of aliphatic carboxylic acids is 1. The Kier molecular flexibility index (Phi) is 3.81. The lowest BCUT2D eigenvalue weighted by atomic mass is 10.0. The summed E-state index contributed by atoms with van der Waals surface area (Å²) in [7, 11) is -4.06. The normalized spacial score (nSPS) is 25.5. The van der Waals surface area contributed by atoms with Crippen molar-refractivity contribution in [2.45, 2.75) is 30.8 Å². The SMILES string of the molecule is CC(C(=O)O)(c1ccccc1)P(=O)(O)C1CCCO1. The van der Waals surface area contributed by atoms with Crippen molar-refractivity contribution in [2.75, 3.05) is 6.61 Å². The quantitative estimate of drug-likeness (QED) is 0.829. The fourth-order valence-corrected chi connectivity index (χ4v) is 4.54. The molecule has 19 heavy (non-hydrogen) atoms. The Balaban J connectivity index is 2.51. The second-order valence-electron chi connectivity index (χ2n) is 4.83. The Morgan fingerprint density at radius 2 is 2.05 bits per heavy atom. The molecule has 1 aliphatic rings. The highest BCUT2D eigenvalue weighted by molar-refractivity contribution is 7.60. The molecular formula is C13H17O5P. The standard InChI is InChI=1S/C13H17O5P/c1-13(12(14)15,10-6-3-2-4-7-10)19(16,17)11-8-5-9-18-11/h2-4,6-7,11H,5,8-9H2,1H3,(H,14,15)(H,16,17). The van der Waals surface area contributed by atoms with Gasteiger partial charge in [-0.2, -0.15) is 0 Å². The van der Waals surface area contributed by atoms with Crippen molar-refractivity contribution in [1.29, 1.82) is 0 Å². The number of carbonyl (C=O) groups is 1. The summed E-state index contributed by atoms with van der Waals surface area (Å²) in [4.78, 5) is 22.0. The number of hydrogen-bond donors (Lipinski definition) is 2. The minimum absolute atomic E-state index is 0.323. The highest BCUT2D eigenvalue weighted by Crippen LogP contribution is 2.65. The Morgan fingerprint density at radius 3 is 2.53 bits per heavy atom. The molecule has 2 N–H and O–H groups in total. The monoisotopic (exact) mass is 284 g/mol. The zero-order valence-corrected chi connectivity index (χ0v) is 11.5. The largest absolute Gasteiger partial charge is 0.480 e. The van der Waals surface area contributed by atoms with E-state index in [0.29, 0.717) is 25.0 Å². The van der Waals surface area contributed by atoms with Gasteiger partial charge in [0.2, 0.25) is 7.37 Å². The molecule has 0 amide bonds. The van der Waals surface area contributed by atoms with Crippen LogP contribution in [-0.2, 0) is 19.3 Å². The van der Waals surface area contributed by atoms with E-state index in [0.717, 1.165) is 0 Å². The van der Waals surface area contributed by atoms with Gasteiger partial charge in [0, 0.05) is 6.61 Å². The van der Waals surface area contributed by atoms with Crippen LogP contribution in [0.3, 0.4) is 0 Å². The van der Waals surface area contributed by atoms with Crippen molar-refractivity contribution in [3.05, 3.63) is 35.9 Å². The molecule has 104 valence electrons. The van der Waals surface area contributed by atoms with Crippen LogP contribution in [0, 0.1) is 0 Å². The number of ether oxygens (including phenoxy) is 1. The molecule has 1 fully saturated rings. The maximum atomic E-state index is 12.7.